The van der Waals surface area contributed by atoms with Crippen LogP contribution in [0.3, 0.4) is 0 Å². The van der Waals surface area contributed by atoms with Crippen LogP contribution in [0.2, 0.25) is 0 Å². The Labute approximate surface area is 171 Å². The Balaban J connectivity index is 1.56. The standard InChI is InChI=1S/C24H27NO4/c1-3-29-21-11-9-18(17-22(21)28-2)10-12-23(26)25-15-13-20(14-16-25)24(27)19-7-5-4-6-8-19/h4-12,17,20H,3,13-16H2,1-2H3/b12-10+. The van der Waals surface area contributed by atoms with Crippen molar-refractivity contribution in [2.45, 2.75) is 19.8 Å². The molecule has 152 valence electrons. The number of hydrogen-bond donors (Lipinski definition) is 0. The predicted octanol–water partition coefficient (Wildman–Crippen LogP) is 4.23. The first kappa shape index (κ1) is 20.6. The summed E-state index contributed by atoms with van der Waals surface area (Å²) in [5, 5.41) is 0. The molecule has 1 aliphatic heterocycles. The molecule has 2 aromatic carbocycles. The van der Waals surface area contributed by atoms with Crippen molar-refractivity contribution in [1.82, 2.24) is 4.90 Å². The molecule has 5 nitrogen and oxygen atoms in total. The Kier molecular flexibility index (Phi) is 7.06. The fourth-order valence-electron chi connectivity index (χ4n) is 3.54. The van der Waals surface area contributed by atoms with E-state index >= 15 is 0 Å². The molecular weight excluding hydrogens is 366 g/mol. The van der Waals surface area contributed by atoms with E-state index in [0.717, 1.165) is 11.1 Å². The fraction of sp³-hybridized carbons (Fsp3) is 0.333. The summed E-state index contributed by atoms with van der Waals surface area (Å²) in [7, 11) is 1.59. The van der Waals surface area contributed by atoms with E-state index in [1.54, 1.807) is 24.2 Å². The van der Waals surface area contributed by atoms with Crippen molar-refractivity contribution >= 4 is 17.8 Å². The highest BCUT2D eigenvalue weighted by molar-refractivity contribution is 5.98. The summed E-state index contributed by atoms with van der Waals surface area (Å²) >= 11 is 0. The number of amides is 1. The van der Waals surface area contributed by atoms with Gasteiger partial charge in [-0.3, -0.25) is 9.59 Å². The van der Waals surface area contributed by atoms with Gasteiger partial charge in [-0.2, -0.15) is 0 Å². The van der Waals surface area contributed by atoms with E-state index in [2.05, 4.69) is 0 Å². The maximum atomic E-state index is 12.6. The number of benzene rings is 2. The molecular formula is C24H27NO4. The first-order valence-electron chi connectivity index (χ1n) is 9.99. The minimum Gasteiger partial charge on any atom is -0.493 e. The summed E-state index contributed by atoms with van der Waals surface area (Å²) in [4.78, 5) is 26.9. The van der Waals surface area contributed by atoms with Crippen molar-refractivity contribution in [1.29, 1.82) is 0 Å². The Hall–Kier alpha value is -3.08. The molecule has 29 heavy (non-hydrogen) atoms. The van der Waals surface area contributed by atoms with Gasteiger partial charge in [-0.1, -0.05) is 36.4 Å². The number of methoxy groups -OCH3 is 1. The number of piperidine rings is 1. The minimum atomic E-state index is -0.0385. The molecule has 1 heterocycles. The van der Waals surface area contributed by atoms with Crippen molar-refractivity contribution < 1.29 is 19.1 Å². The number of hydrogen-bond acceptors (Lipinski definition) is 4. The number of ether oxygens (including phenoxy) is 2. The van der Waals surface area contributed by atoms with Gasteiger partial charge < -0.3 is 14.4 Å². The van der Waals surface area contributed by atoms with Crippen molar-refractivity contribution in [3.63, 3.8) is 0 Å². The van der Waals surface area contributed by atoms with Crippen molar-refractivity contribution in [2.75, 3.05) is 26.8 Å². The van der Waals surface area contributed by atoms with Gasteiger partial charge in [0.15, 0.2) is 17.3 Å². The lowest BCUT2D eigenvalue weighted by atomic mass is 9.89. The molecule has 0 N–H and O–H groups in total. The molecule has 1 fully saturated rings. The second-order valence-electron chi connectivity index (χ2n) is 7.01. The van der Waals surface area contributed by atoms with E-state index < -0.39 is 0 Å². The molecule has 0 saturated carbocycles. The van der Waals surface area contributed by atoms with E-state index in [4.69, 9.17) is 9.47 Å². The van der Waals surface area contributed by atoms with Gasteiger partial charge in [-0.25, -0.2) is 0 Å². The predicted molar refractivity (Wildman–Crippen MR) is 113 cm³/mol. The van der Waals surface area contributed by atoms with Crippen LogP contribution < -0.4 is 9.47 Å². The molecule has 0 radical (unpaired) electrons. The monoisotopic (exact) mass is 393 g/mol. The van der Waals surface area contributed by atoms with E-state index in [9.17, 15) is 9.59 Å². The quantitative estimate of drug-likeness (QED) is 0.522. The molecule has 0 unspecified atom stereocenters. The molecule has 1 amide bonds. The van der Waals surface area contributed by atoms with Gasteiger partial charge in [0.1, 0.15) is 0 Å². The molecule has 0 aromatic heterocycles. The maximum absolute atomic E-state index is 12.6. The van der Waals surface area contributed by atoms with Gasteiger partial charge in [0.25, 0.3) is 0 Å². The summed E-state index contributed by atoms with van der Waals surface area (Å²) in [6, 6.07) is 15.0. The highest BCUT2D eigenvalue weighted by Gasteiger charge is 2.27. The normalized spacial score (nSPS) is 14.8. The third-order valence-electron chi connectivity index (χ3n) is 5.14. The highest BCUT2D eigenvalue weighted by atomic mass is 16.5. The lowest BCUT2D eigenvalue weighted by Crippen LogP contribution is -2.39. The first-order valence-corrected chi connectivity index (χ1v) is 9.99. The van der Waals surface area contributed by atoms with E-state index in [-0.39, 0.29) is 17.6 Å². The van der Waals surface area contributed by atoms with Crippen LogP contribution in [-0.2, 0) is 4.79 Å². The van der Waals surface area contributed by atoms with Crippen molar-refractivity contribution in [3.05, 3.63) is 65.7 Å². The average Bonchev–Trinajstić information content (AvgIpc) is 2.78. The number of likely N-dealkylation sites (tertiary alicyclic amines) is 1. The van der Waals surface area contributed by atoms with Crippen molar-refractivity contribution in [3.8, 4) is 11.5 Å². The average molecular weight is 393 g/mol. The number of carbonyl (C=O) groups is 2. The van der Waals surface area contributed by atoms with E-state index in [1.807, 2.05) is 55.5 Å². The number of nitrogens with zero attached hydrogens (tertiary/aromatic N) is 1. The largest absolute Gasteiger partial charge is 0.493 e. The molecule has 0 bridgehead atoms. The van der Waals surface area contributed by atoms with Gasteiger partial charge in [0, 0.05) is 30.6 Å². The Morgan fingerprint density at radius 2 is 1.79 bits per heavy atom. The van der Waals surface area contributed by atoms with E-state index in [1.165, 1.54) is 0 Å². The zero-order valence-electron chi connectivity index (χ0n) is 17.0. The van der Waals surface area contributed by atoms with Crippen LogP contribution in [0.25, 0.3) is 6.08 Å². The van der Waals surface area contributed by atoms with Crippen LogP contribution in [-0.4, -0.2) is 43.4 Å². The van der Waals surface area contributed by atoms with Crippen LogP contribution in [0.15, 0.2) is 54.6 Å². The number of ketones is 1. The van der Waals surface area contributed by atoms with E-state index in [0.29, 0.717) is 44.0 Å². The third-order valence-corrected chi connectivity index (χ3v) is 5.14. The summed E-state index contributed by atoms with van der Waals surface area (Å²) in [5.74, 6) is 1.45. The second-order valence-corrected chi connectivity index (χ2v) is 7.01. The van der Waals surface area contributed by atoms with Crippen LogP contribution in [0, 0.1) is 5.92 Å². The topological polar surface area (TPSA) is 55.8 Å². The second kappa shape index (κ2) is 9.92. The molecule has 2 aromatic rings. The molecule has 0 aliphatic carbocycles. The number of Topliss-reactive ketones (excluding diaryl/α,β-unsaturated/α-hetero) is 1. The SMILES string of the molecule is CCOc1ccc(/C=C/C(=O)N2CCC(C(=O)c3ccccc3)CC2)cc1OC. The lowest BCUT2D eigenvalue weighted by molar-refractivity contribution is -0.127. The van der Waals surface area contributed by atoms with Gasteiger partial charge in [0.05, 0.1) is 13.7 Å². The number of rotatable bonds is 7. The molecule has 1 saturated heterocycles. The Morgan fingerprint density at radius 1 is 1.07 bits per heavy atom. The lowest BCUT2D eigenvalue weighted by Gasteiger charge is -2.30. The molecule has 5 heteroatoms. The summed E-state index contributed by atoms with van der Waals surface area (Å²) in [5.41, 5.74) is 1.62. The van der Waals surface area contributed by atoms with Crippen LogP contribution in [0.5, 0.6) is 11.5 Å². The van der Waals surface area contributed by atoms with Gasteiger partial charge >= 0.3 is 0 Å². The number of carbonyl (C=O) groups excluding carboxylic acids is 2. The van der Waals surface area contributed by atoms with Gasteiger partial charge in [-0.05, 0) is 43.5 Å². The summed E-state index contributed by atoms with van der Waals surface area (Å²) in [6.45, 7) is 3.67. The summed E-state index contributed by atoms with van der Waals surface area (Å²) < 4.78 is 10.9. The van der Waals surface area contributed by atoms with Gasteiger partial charge in [-0.15, -0.1) is 0 Å². The smallest absolute Gasteiger partial charge is 0.246 e. The van der Waals surface area contributed by atoms with Crippen LogP contribution in [0.1, 0.15) is 35.7 Å². The Morgan fingerprint density at radius 3 is 2.45 bits per heavy atom. The van der Waals surface area contributed by atoms with Crippen LogP contribution in [0.4, 0.5) is 0 Å². The Bertz CT molecular complexity index is 868. The minimum absolute atomic E-state index is 0.0131. The molecule has 3 rings (SSSR count). The fourth-order valence-corrected chi connectivity index (χ4v) is 3.54. The third kappa shape index (κ3) is 5.25. The summed E-state index contributed by atoms with van der Waals surface area (Å²) in [6.07, 6.45) is 4.75. The maximum Gasteiger partial charge on any atom is 0.246 e. The molecule has 0 atom stereocenters. The zero-order valence-corrected chi connectivity index (χ0v) is 17.0. The highest BCUT2D eigenvalue weighted by Crippen LogP contribution is 2.28. The van der Waals surface area contributed by atoms with Crippen LogP contribution >= 0.6 is 0 Å². The zero-order chi connectivity index (χ0) is 20.6. The first-order chi connectivity index (χ1) is 14.1. The molecule has 1 aliphatic rings. The molecule has 0 spiro atoms. The van der Waals surface area contributed by atoms with Gasteiger partial charge in [0.2, 0.25) is 5.91 Å². The van der Waals surface area contributed by atoms with Crippen molar-refractivity contribution in [2.24, 2.45) is 5.92 Å².